The van der Waals surface area contributed by atoms with E-state index in [0.717, 1.165) is 25.1 Å². The van der Waals surface area contributed by atoms with Gasteiger partial charge in [-0.15, -0.1) is 0 Å². The Labute approximate surface area is 227 Å². The summed E-state index contributed by atoms with van der Waals surface area (Å²) in [5, 5.41) is 6.19. The van der Waals surface area contributed by atoms with Crippen molar-refractivity contribution in [2.24, 2.45) is 0 Å². The fraction of sp³-hybridized carbons (Fsp3) is 0. The van der Waals surface area contributed by atoms with E-state index in [1.165, 1.54) is 25.5 Å². The van der Waals surface area contributed by atoms with Crippen LogP contribution in [0.3, 0.4) is 0 Å². The zero-order valence-corrected chi connectivity index (χ0v) is 22.5. The van der Waals surface area contributed by atoms with Crippen molar-refractivity contribution in [3.05, 3.63) is 129 Å². The molecule has 38 heavy (non-hydrogen) atoms. The molecule has 3 nitrogen and oxygen atoms in total. The van der Waals surface area contributed by atoms with Gasteiger partial charge in [0, 0.05) is 0 Å². The third-order valence-electron chi connectivity index (χ3n) is 7.58. The summed E-state index contributed by atoms with van der Waals surface area (Å²) >= 11 is -0.817. The van der Waals surface area contributed by atoms with Gasteiger partial charge in [0.1, 0.15) is 0 Å². The number of ketones is 2. The molecule has 0 fully saturated rings. The van der Waals surface area contributed by atoms with Gasteiger partial charge in [0.15, 0.2) is 0 Å². The first-order valence-electron chi connectivity index (χ1n) is 12.5. The van der Waals surface area contributed by atoms with Crippen molar-refractivity contribution in [3.8, 4) is 3.70 Å². The number of rotatable bonds is 2. The summed E-state index contributed by atoms with van der Waals surface area (Å²) in [6, 6.07) is 37.0. The van der Waals surface area contributed by atoms with E-state index in [0.29, 0.717) is 11.1 Å². The maximum absolute atomic E-state index is 13.8. The molecule has 0 aliphatic heterocycles. The molecule has 7 aromatic rings. The Morgan fingerprint density at radius 1 is 0.500 bits per heavy atom. The molecule has 0 spiro atoms. The molecule has 0 bridgehead atoms. The third kappa shape index (κ3) is 2.96. The molecule has 1 aliphatic rings. The van der Waals surface area contributed by atoms with Crippen LogP contribution in [-0.2, 0) is 0 Å². The van der Waals surface area contributed by atoms with Crippen LogP contribution in [0.5, 0.6) is 0 Å². The van der Waals surface area contributed by atoms with Gasteiger partial charge in [-0.05, 0) is 0 Å². The van der Waals surface area contributed by atoms with Crippen molar-refractivity contribution in [3.63, 3.8) is 0 Å². The first-order valence-corrected chi connectivity index (χ1v) is 14.9. The van der Waals surface area contributed by atoms with E-state index >= 15 is 0 Å². The number of aromatic nitrogens is 1. The Morgan fingerprint density at radius 3 is 1.47 bits per heavy atom. The van der Waals surface area contributed by atoms with Crippen molar-refractivity contribution in [2.75, 3.05) is 0 Å². The predicted octanol–water partition coefficient (Wildman–Crippen LogP) is 7.61. The predicted molar refractivity (Wildman–Crippen MR) is 156 cm³/mol. The van der Waals surface area contributed by atoms with Crippen LogP contribution in [0, 0.1) is 0 Å². The summed E-state index contributed by atoms with van der Waals surface area (Å²) in [6.07, 6.45) is 1.87. The van der Waals surface area contributed by atoms with Gasteiger partial charge < -0.3 is 0 Å². The minimum atomic E-state index is -0.817. The number of benzene rings is 5. The monoisotopic (exact) mass is 603 g/mol. The quantitative estimate of drug-likeness (QED) is 0.0887. The van der Waals surface area contributed by atoms with Gasteiger partial charge >= 0.3 is 229 Å². The standard InChI is InChI=1S/C34H19NO2Te/c36-33-27(34(37)32-26-14-4-2-10-22(26)21-9-1-3-13-25(21)31(32)33)19-20-17-18-30(38-20)35-28-15-7-5-11-23(28)24-12-6-8-16-29(24)35/h1-19H. The van der Waals surface area contributed by atoms with E-state index in [2.05, 4.69) is 65.2 Å². The number of allylic oxidation sites excluding steroid dienone is 1. The summed E-state index contributed by atoms with van der Waals surface area (Å²) in [7, 11) is 0. The first-order chi connectivity index (χ1) is 18.7. The van der Waals surface area contributed by atoms with Crippen molar-refractivity contribution in [1.29, 1.82) is 0 Å². The minimum absolute atomic E-state index is 0.161. The molecule has 0 saturated heterocycles. The van der Waals surface area contributed by atoms with Crippen LogP contribution in [-0.4, -0.2) is 36.6 Å². The van der Waals surface area contributed by atoms with Crippen molar-refractivity contribution in [1.82, 2.24) is 4.57 Å². The summed E-state index contributed by atoms with van der Waals surface area (Å²) in [6.45, 7) is 0. The Bertz CT molecular complexity index is 2050. The molecule has 4 heteroatoms. The first kappa shape index (κ1) is 21.8. The second-order valence-electron chi connectivity index (χ2n) is 9.60. The molecule has 0 unspecified atom stereocenters. The average molecular weight is 601 g/mol. The van der Waals surface area contributed by atoms with E-state index in [1.54, 1.807) is 0 Å². The molecule has 178 valence electrons. The number of para-hydroxylation sites is 2. The van der Waals surface area contributed by atoms with Crippen molar-refractivity contribution in [2.45, 2.75) is 0 Å². The van der Waals surface area contributed by atoms with Crippen molar-refractivity contribution < 1.29 is 9.59 Å². The number of fused-ring (bicyclic) bond motifs is 9. The van der Waals surface area contributed by atoms with Crippen LogP contribution in [0.1, 0.15) is 24.3 Å². The van der Waals surface area contributed by atoms with Gasteiger partial charge in [0.2, 0.25) is 0 Å². The van der Waals surface area contributed by atoms with Gasteiger partial charge in [-0.2, -0.15) is 0 Å². The maximum atomic E-state index is 13.8. The van der Waals surface area contributed by atoms with E-state index in [4.69, 9.17) is 0 Å². The number of hydrogen-bond acceptors (Lipinski definition) is 2. The molecule has 1 aliphatic carbocycles. The normalized spacial score (nSPS) is 13.3. The van der Waals surface area contributed by atoms with E-state index in [9.17, 15) is 9.59 Å². The Balaban J connectivity index is 1.30. The molecular formula is C34H19NO2Te. The van der Waals surface area contributed by atoms with E-state index in [-0.39, 0.29) is 17.1 Å². The number of Topliss-reactive ketones (excluding diaryl/α,β-unsaturated/α-hetero) is 2. The topological polar surface area (TPSA) is 39.1 Å². The molecule has 0 atom stereocenters. The van der Waals surface area contributed by atoms with Crippen molar-refractivity contribution >= 4 is 81.4 Å². The molecular weight excluding hydrogens is 582 g/mol. The second-order valence-corrected chi connectivity index (χ2v) is 12.7. The number of carbonyl (C=O) groups is 2. The number of hydrogen-bond donors (Lipinski definition) is 0. The molecule has 8 rings (SSSR count). The Kier molecular flexibility index (Phi) is 4.67. The summed E-state index contributed by atoms with van der Waals surface area (Å²) in [4.78, 5) is 27.6. The van der Waals surface area contributed by atoms with Crippen LogP contribution in [0.15, 0.2) is 115 Å². The second kappa shape index (κ2) is 8.13. The summed E-state index contributed by atoms with van der Waals surface area (Å²) in [5.74, 6) is -0.323. The average Bonchev–Trinajstić information content (AvgIpc) is 3.63. The van der Waals surface area contributed by atoms with Gasteiger partial charge in [-0.1, -0.05) is 0 Å². The van der Waals surface area contributed by atoms with Gasteiger partial charge in [0.25, 0.3) is 0 Å². The fourth-order valence-corrected chi connectivity index (χ4v) is 8.75. The van der Waals surface area contributed by atoms with Crippen LogP contribution in [0.25, 0.3) is 53.1 Å². The van der Waals surface area contributed by atoms with Crippen LogP contribution in [0.4, 0.5) is 0 Å². The van der Waals surface area contributed by atoms with Crippen LogP contribution < -0.4 is 0 Å². The molecule has 5 aromatic carbocycles. The fourth-order valence-electron chi connectivity index (χ4n) is 5.96. The molecule has 0 saturated carbocycles. The summed E-state index contributed by atoms with van der Waals surface area (Å²) in [5.41, 5.74) is 3.75. The van der Waals surface area contributed by atoms with E-state index in [1.807, 2.05) is 54.6 Å². The summed E-state index contributed by atoms with van der Waals surface area (Å²) < 4.78 is 4.69. The zero-order valence-electron chi connectivity index (χ0n) is 20.1. The zero-order chi connectivity index (χ0) is 25.4. The molecule has 0 radical (unpaired) electrons. The van der Waals surface area contributed by atoms with Crippen LogP contribution >= 0.6 is 0 Å². The van der Waals surface area contributed by atoms with Gasteiger partial charge in [-0.25, -0.2) is 0 Å². The molecule has 0 N–H and O–H groups in total. The van der Waals surface area contributed by atoms with Gasteiger partial charge in [0.05, 0.1) is 0 Å². The number of carbonyl (C=O) groups excluding carboxylic acids is 2. The molecule has 0 amide bonds. The molecule has 2 aromatic heterocycles. The SMILES string of the molecule is O=C1C(=Cc2ccc(-n3c4ccccc4c4ccccc43)[te]2)C(=O)c2c1c1ccccc1c1ccccc21. The van der Waals surface area contributed by atoms with Gasteiger partial charge in [-0.3, -0.25) is 0 Å². The van der Waals surface area contributed by atoms with E-state index < -0.39 is 20.4 Å². The molecule has 2 heterocycles. The number of nitrogens with zero attached hydrogens (tertiary/aromatic N) is 1. The van der Waals surface area contributed by atoms with Crippen LogP contribution in [0.2, 0.25) is 0 Å². The Morgan fingerprint density at radius 2 is 0.947 bits per heavy atom. The third-order valence-corrected chi connectivity index (χ3v) is 10.5. The Hall–Kier alpha value is -4.23.